The number of methoxy groups -OCH3 is 1. The molecule has 1 aliphatic heterocycles. The summed E-state index contributed by atoms with van der Waals surface area (Å²) < 4.78 is 7.93. The standard InChI is InChI=1S/C14H18N2O/c1-9-4-5-12(17-3)14-13(9)10(2)11-8-15-6-7-16(11)14/h4-5,15H,6-8H2,1-3H3. The number of rotatable bonds is 1. The number of hydrogen-bond donors (Lipinski definition) is 1. The molecule has 0 saturated heterocycles. The van der Waals surface area contributed by atoms with Gasteiger partial charge in [0.05, 0.1) is 12.6 Å². The fraction of sp³-hybridized carbons (Fsp3) is 0.429. The van der Waals surface area contributed by atoms with Crippen LogP contribution in [-0.4, -0.2) is 18.2 Å². The van der Waals surface area contributed by atoms with Gasteiger partial charge in [-0.25, -0.2) is 0 Å². The molecule has 3 rings (SSSR count). The lowest BCUT2D eigenvalue weighted by molar-refractivity contribution is 0.415. The molecule has 0 unspecified atom stereocenters. The molecule has 0 saturated carbocycles. The molecule has 1 aromatic carbocycles. The summed E-state index contributed by atoms with van der Waals surface area (Å²) in [4.78, 5) is 0. The molecule has 0 radical (unpaired) electrons. The van der Waals surface area contributed by atoms with Crippen LogP contribution in [0, 0.1) is 13.8 Å². The third-order valence-corrected chi connectivity index (χ3v) is 3.78. The summed E-state index contributed by atoms with van der Waals surface area (Å²) in [5, 5.41) is 4.80. The van der Waals surface area contributed by atoms with Gasteiger partial charge in [0, 0.05) is 30.7 Å². The molecule has 0 spiro atoms. The van der Waals surface area contributed by atoms with Gasteiger partial charge in [0.1, 0.15) is 5.75 Å². The Morgan fingerprint density at radius 3 is 2.88 bits per heavy atom. The van der Waals surface area contributed by atoms with Gasteiger partial charge in [0.15, 0.2) is 0 Å². The van der Waals surface area contributed by atoms with Gasteiger partial charge < -0.3 is 14.6 Å². The number of hydrogen-bond acceptors (Lipinski definition) is 2. The Morgan fingerprint density at radius 1 is 1.29 bits per heavy atom. The largest absolute Gasteiger partial charge is 0.495 e. The highest BCUT2D eigenvalue weighted by Crippen LogP contribution is 2.35. The molecule has 3 nitrogen and oxygen atoms in total. The molecule has 0 aliphatic carbocycles. The SMILES string of the molecule is COc1ccc(C)c2c(C)c3n(c12)CCNC3. The maximum Gasteiger partial charge on any atom is 0.143 e. The zero-order valence-corrected chi connectivity index (χ0v) is 10.6. The van der Waals surface area contributed by atoms with E-state index in [4.69, 9.17) is 4.74 Å². The van der Waals surface area contributed by atoms with Crippen LogP contribution in [0.3, 0.4) is 0 Å². The zero-order valence-electron chi connectivity index (χ0n) is 10.6. The van der Waals surface area contributed by atoms with Crippen molar-refractivity contribution in [2.75, 3.05) is 13.7 Å². The summed E-state index contributed by atoms with van der Waals surface area (Å²) in [5.74, 6) is 0.988. The van der Waals surface area contributed by atoms with E-state index in [9.17, 15) is 0 Å². The van der Waals surface area contributed by atoms with E-state index in [2.05, 4.69) is 35.9 Å². The minimum Gasteiger partial charge on any atom is -0.495 e. The first-order valence-corrected chi connectivity index (χ1v) is 6.10. The van der Waals surface area contributed by atoms with Gasteiger partial charge in [0.2, 0.25) is 0 Å². The molecule has 17 heavy (non-hydrogen) atoms. The van der Waals surface area contributed by atoms with E-state index < -0.39 is 0 Å². The van der Waals surface area contributed by atoms with E-state index >= 15 is 0 Å². The van der Waals surface area contributed by atoms with Gasteiger partial charge in [0.25, 0.3) is 0 Å². The summed E-state index contributed by atoms with van der Waals surface area (Å²) >= 11 is 0. The molecule has 0 fully saturated rings. The fourth-order valence-electron chi connectivity index (χ4n) is 2.93. The summed E-state index contributed by atoms with van der Waals surface area (Å²) in [5.41, 5.74) is 5.39. The van der Waals surface area contributed by atoms with Crippen LogP contribution in [0.2, 0.25) is 0 Å². The molecular weight excluding hydrogens is 212 g/mol. The summed E-state index contributed by atoms with van der Waals surface area (Å²) in [6, 6.07) is 4.22. The van der Waals surface area contributed by atoms with Crippen LogP contribution in [0.4, 0.5) is 0 Å². The first-order valence-electron chi connectivity index (χ1n) is 6.10. The predicted molar refractivity (Wildman–Crippen MR) is 69.7 cm³/mol. The molecule has 2 heterocycles. The van der Waals surface area contributed by atoms with Gasteiger partial charge in [-0.05, 0) is 31.0 Å². The van der Waals surface area contributed by atoms with E-state index in [-0.39, 0.29) is 0 Å². The minimum atomic E-state index is 0.961. The Morgan fingerprint density at radius 2 is 2.12 bits per heavy atom. The second-order valence-corrected chi connectivity index (χ2v) is 4.71. The van der Waals surface area contributed by atoms with Crippen molar-refractivity contribution in [3.05, 3.63) is 29.0 Å². The Bertz CT molecular complexity index is 584. The molecular formula is C14H18N2O. The van der Waals surface area contributed by atoms with E-state index in [1.807, 2.05) is 0 Å². The molecule has 1 aliphatic rings. The number of nitrogens with one attached hydrogen (secondary N) is 1. The number of aromatic nitrogens is 1. The summed E-state index contributed by atoms with van der Waals surface area (Å²) in [6.07, 6.45) is 0. The lowest BCUT2D eigenvalue weighted by Gasteiger charge is -2.18. The van der Waals surface area contributed by atoms with E-state index in [1.165, 1.54) is 27.7 Å². The molecule has 2 aromatic rings. The minimum absolute atomic E-state index is 0.961. The summed E-state index contributed by atoms with van der Waals surface area (Å²) in [7, 11) is 1.75. The second-order valence-electron chi connectivity index (χ2n) is 4.71. The molecule has 0 bridgehead atoms. The zero-order chi connectivity index (χ0) is 12.0. The lowest BCUT2D eigenvalue weighted by Crippen LogP contribution is -2.28. The van der Waals surface area contributed by atoms with Crippen molar-refractivity contribution in [2.45, 2.75) is 26.9 Å². The van der Waals surface area contributed by atoms with Crippen molar-refractivity contribution in [3.8, 4) is 5.75 Å². The normalized spacial score (nSPS) is 15.0. The van der Waals surface area contributed by atoms with Crippen molar-refractivity contribution in [1.82, 2.24) is 9.88 Å². The van der Waals surface area contributed by atoms with Crippen LogP contribution < -0.4 is 10.1 Å². The van der Waals surface area contributed by atoms with Crippen LogP contribution in [0.15, 0.2) is 12.1 Å². The van der Waals surface area contributed by atoms with Crippen molar-refractivity contribution in [2.24, 2.45) is 0 Å². The third kappa shape index (κ3) is 1.39. The Labute approximate surface area is 101 Å². The van der Waals surface area contributed by atoms with E-state index in [0.717, 1.165) is 25.4 Å². The molecule has 0 amide bonds. The average Bonchev–Trinajstić information content (AvgIpc) is 2.66. The average molecular weight is 230 g/mol. The number of benzene rings is 1. The van der Waals surface area contributed by atoms with Crippen molar-refractivity contribution in [1.29, 1.82) is 0 Å². The maximum atomic E-state index is 5.52. The highest BCUT2D eigenvalue weighted by atomic mass is 16.5. The van der Waals surface area contributed by atoms with Crippen molar-refractivity contribution < 1.29 is 4.74 Å². The topological polar surface area (TPSA) is 26.2 Å². The van der Waals surface area contributed by atoms with Gasteiger partial charge >= 0.3 is 0 Å². The number of nitrogens with zero attached hydrogens (tertiary/aromatic N) is 1. The van der Waals surface area contributed by atoms with Crippen LogP contribution in [-0.2, 0) is 13.1 Å². The molecule has 1 aromatic heterocycles. The Balaban J connectivity index is 2.45. The van der Waals surface area contributed by atoms with Crippen LogP contribution >= 0.6 is 0 Å². The summed E-state index contributed by atoms with van der Waals surface area (Å²) in [6.45, 7) is 7.41. The third-order valence-electron chi connectivity index (χ3n) is 3.78. The Hall–Kier alpha value is -1.48. The van der Waals surface area contributed by atoms with Gasteiger partial charge in [-0.15, -0.1) is 0 Å². The first kappa shape index (κ1) is 10.7. The van der Waals surface area contributed by atoms with E-state index in [0.29, 0.717) is 0 Å². The number of fused-ring (bicyclic) bond motifs is 3. The van der Waals surface area contributed by atoms with Gasteiger partial charge in [-0.3, -0.25) is 0 Å². The number of ether oxygens (including phenoxy) is 1. The lowest BCUT2D eigenvalue weighted by atomic mass is 10.1. The maximum absolute atomic E-state index is 5.52. The Kier molecular flexibility index (Phi) is 2.37. The van der Waals surface area contributed by atoms with Gasteiger partial charge in [-0.1, -0.05) is 6.07 Å². The van der Waals surface area contributed by atoms with Crippen LogP contribution in [0.5, 0.6) is 5.75 Å². The second kappa shape index (κ2) is 3.77. The highest BCUT2D eigenvalue weighted by molar-refractivity contribution is 5.93. The fourth-order valence-corrected chi connectivity index (χ4v) is 2.93. The van der Waals surface area contributed by atoms with E-state index in [1.54, 1.807) is 7.11 Å². The van der Waals surface area contributed by atoms with Crippen LogP contribution in [0.1, 0.15) is 16.8 Å². The highest BCUT2D eigenvalue weighted by Gasteiger charge is 2.20. The quantitative estimate of drug-likeness (QED) is 0.814. The molecule has 0 atom stereocenters. The molecule has 1 N–H and O–H groups in total. The number of aryl methyl sites for hydroxylation is 2. The van der Waals surface area contributed by atoms with Crippen molar-refractivity contribution >= 4 is 10.9 Å². The first-order chi connectivity index (χ1) is 8.24. The molecule has 90 valence electrons. The van der Waals surface area contributed by atoms with Gasteiger partial charge in [-0.2, -0.15) is 0 Å². The monoisotopic (exact) mass is 230 g/mol. The molecule has 3 heteroatoms. The predicted octanol–water partition coefficient (Wildman–Crippen LogP) is 2.37. The van der Waals surface area contributed by atoms with Crippen molar-refractivity contribution in [3.63, 3.8) is 0 Å². The smallest absolute Gasteiger partial charge is 0.143 e. The van der Waals surface area contributed by atoms with Crippen LogP contribution in [0.25, 0.3) is 10.9 Å².